The number of carbonyl (C=O) groups excluding carboxylic acids is 1. The third kappa shape index (κ3) is 2.86. The van der Waals surface area contributed by atoms with Gasteiger partial charge in [0.15, 0.2) is 11.5 Å². The smallest absolute Gasteiger partial charge is 0.257 e. The average Bonchev–Trinajstić information content (AvgIpc) is 2.82. The Bertz CT molecular complexity index is 426. The van der Waals surface area contributed by atoms with Crippen molar-refractivity contribution in [3.63, 3.8) is 0 Å². The number of nitrogens with one attached hydrogen (secondary N) is 1. The molecule has 1 aliphatic rings. The lowest BCUT2D eigenvalue weighted by Gasteiger charge is -2.17. The van der Waals surface area contributed by atoms with Crippen molar-refractivity contribution in [3.05, 3.63) is 23.8 Å². The van der Waals surface area contributed by atoms with Crippen molar-refractivity contribution in [2.75, 3.05) is 34.0 Å². The molecule has 0 saturated heterocycles. The Kier molecular flexibility index (Phi) is 5.25. The molecular formula is C12H17ClN2O3. The second kappa shape index (κ2) is 6.47. The van der Waals surface area contributed by atoms with E-state index < -0.39 is 0 Å². The molecule has 0 aliphatic carbocycles. The van der Waals surface area contributed by atoms with E-state index in [-0.39, 0.29) is 25.1 Å². The van der Waals surface area contributed by atoms with Gasteiger partial charge in [0.05, 0.1) is 5.56 Å². The van der Waals surface area contributed by atoms with Crippen LogP contribution in [0.25, 0.3) is 0 Å². The number of hydrogen-bond donors (Lipinski definition) is 1. The van der Waals surface area contributed by atoms with Crippen LogP contribution in [0.3, 0.4) is 0 Å². The molecule has 0 fully saturated rings. The number of nitrogens with zero attached hydrogens (tertiary/aromatic N) is 1. The highest BCUT2D eigenvalue weighted by molar-refractivity contribution is 5.97. The molecule has 0 spiro atoms. The predicted octanol–water partition coefficient (Wildman–Crippen LogP) is 1.13. The summed E-state index contributed by atoms with van der Waals surface area (Å²) in [4.78, 5) is 13.8. The molecule has 1 amide bonds. The van der Waals surface area contributed by atoms with Gasteiger partial charge in [0.2, 0.25) is 6.79 Å². The van der Waals surface area contributed by atoms with Crippen molar-refractivity contribution in [2.45, 2.75) is 0 Å². The number of likely N-dealkylation sites (N-methyl/N-ethyl adjacent to an activating group) is 2. The molecule has 18 heavy (non-hydrogen) atoms. The lowest BCUT2D eigenvalue weighted by Crippen LogP contribution is -2.32. The van der Waals surface area contributed by atoms with Gasteiger partial charge in [-0.15, -0.1) is 12.4 Å². The van der Waals surface area contributed by atoms with Crippen LogP contribution >= 0.6 is 12.4 Å². The van der Waals surface area contributed by atoms with E-state index in [1.807, 2.05) is 7.05 Å². The van der Waals surface area contributed by atoms with Gasteiger partial charge in [-0.2, -0.15) is 0 Å². The number of halogens is 1. The van der Waals surface area contributed by atoms with Gasteiger partial charge in [0, 0.05) is 20.1 Å². The van der Waals surface area contributed by atoms with Gasteiger partial charge < -0.3 is 19.7 Å². The number of carbonyl (C=O) groups is 1. The highest BCUT2D eigenvalue weighted by Gasteiger charge is 2.23. The van der Waals surface area contributed by atoms with E-state index in [4.69, 9.17) is 9.47 Å². The molecule has 1 aromatic carbocycles. The monoisotopic (exact) mass is 272 g/mol. The van der Waals surface area contributed by atoms with E-state index in [0.29, 0.717) is 23.6 Å². The number of ether oxygens (including phenoxy) is 2. The maximum atomic E-state index is 12.2. The van der Waals surface area contributed by atoms with Crippen LogP contribution in [0.5, 0.6) is 11.5 Å². The molecule has 0 atom stereocenters. The molecule has 1 aliphatic heterocycles. The lowest BCUT2D eigenvalue weighted by molar-refractivity contribution is 0.0792. The van der Waals surface area contributed by atoms with Crippen LogP contribution in [0.15, 0.2) is 18.2 Å². The summed E-state index contributed by atoms with van der Waals surface area (Å²) in [6, 6.07) is 5.35. The number of rotatable bonds is 4. The van der Waals surface area contributed by atoms with Crippen LogP contribution in [-0.2, 0) is 0 Å². The second-order valence-corrected chi connectivity index (χ2v) is 3.87. The highest BCUT2D eigenvalue weighted by Crippen LogP contribution is 2.35. The van der Waals surface area contributed by atoms with Gasteiger partial charge in [-0.1, -0.05) is 6.07 Å². The molecule has 1 heterocycles. The van der Waals surface area contributed by atoms with Crippen molar-refractivity contribution < 1.29 is 14.3 Å². The number of benzene rings is 1. The summed E-state index contributed by atoms with van der Waals surface area (Å²) in [5, 5.41) is 3.01. The van der Waals surface area contributed by atoms with Crippen LogP contribution in [0.1, 0.15) is 10.4 Å². The minimum Gasteiger partial charge on any atom is -0.454 e. The summed E-state index contributed by atoms with van der Waals surface area (Å²) in [6.07, 6.45) is 0. The fraction of sp³-hybridized carbons (Fsp3) is 0.417. The van der Waals surface area contributed by atoms with Crippen molar-refractivity contribution in [1.29, 1.82) is 0 Å². The quantitative estimate of drug-likeness (QED) is 0.893. The number of para-hydroxylation sites is 1. The molecule has 0 saturated carbocycles. The molecule has 100 valence electrons. The molecule has 6 heteroatoms. The van der Waals surface area contributed by atoms with E-state index in [9.17, 15) is 4.79 Å². The number of hydrogen-bond acceptors (Lipinski definition) is 4. The summed E-state index contributed by atoms with van der Waals surface area (Å²) >= 11 is 0. The first-order chi connectivity index (χ1) is 8.24. The van der Waals surface area contributed by atoms with E-state index in [2.05, 4.69) is 5.32 Å². The van der Waals surface area contributed by atoms with Crippen LogP contribution in [-0.4, -0.2) is 44.8 Å². The van der Waals surface area contributed by atoms with Crippen LogP contribution in [0.2, 0.25) is 0 Å². The maximum Gasteiger partial charge on any atom is 0.257 e. The Balaban J connectivity index is 0.00000162. The topological polar surface area (TPSA) is 50.8 Å². The summed E-state index contributed by atoms with van der Waals surface area (Å²) < 4.78 is 10.6. The van der Waals surface area contributed by atoms with Crippen LogP contribution in [0, 0.1) is 0 Å². The number of amides is 1. The molecule has 1 aromatic rings. The van der Waals surface area contributed by atoms with E-state index in [1.54, 1.807) is 30.1 Å². The lowest BCUT2D eigenvalue weighted by atomic mass is 10.1. The summed E-state index contributed by atoms with van der Waals surface area (Å²) in [6.45, 7) is 1.59. The van der Waals surface area contributed by atoms with Crippen LogP contribution in [0.4, 0.5) is 0 Å². The Morgan fingerprint density at radius 1 is 1.44 bits per heavy atom. The minimum atomic E-state index is -0.0531. The molecule has 5 nitrogen and oxygen atoms in total. The molecule has 0 aromatic heterocycles. The molecule has 0 bridgehead atoms. The molecule has 0 unspecified atom stereocenters. The SMILES string of the molecule is CNCCN(C)C(=O)c1cccc2c1OCO2.Cl. The van der Waals surface area contributed by atoms with Gasteiger partial charge >= 0.3 is 0 Å². The van der Waals surface area contributed by atoms with Gasteiger partial charge in [0.1, 0.15) is 0 Å². The third-order valence-corrected chi connectivity index (χ3v) is 2.67. The number of fused-ring (bicyclic) bond motifs is 1. The maximum absolute atomic E-state index is 12.2. The normalized spacial score (nSPS) is 11.9. The Morgan fingerprint density at radius 3 is 2.94 bits per heavy atom. The first kappa shape index (κ1) is 14.6. The van der Waals surface area contributed by atoms with Gasteiger partial charge in [-0.05, 0) is 19.2 Å². The second-order valence-electron chi connectivity index (χ2n) is 3.87. The summed E-state index contributed by atoms with van der Waals surface area (Å²) in [7, 11) is 3.63. The fourth-order valence-corrected chi connectivity index (χ4v) is 1.69. The van der Waals surface area contributed by atoms with Crippen LogP contribution < -0.4 is 14.8 Å². The average molecular weight is 273 g/mol. The van der Waals surface area contributed by atoms with Crippen molar-refractivity contribution in [2.24, 2.45) is 0 Å². The van der Waals surface area contributed by atoms with E-state index >= 15 is 0 Å². The zero-order valence-electron chi connectivity index (χ0n) is 10.4. The molecule has 0 radical (unpaired) electrons. The summed E-state index contributed by atoms with van der Waals surface area (Å²) in [5.41, 5.74) is 0.554. The van der Waals surface area contributed by atoms with E-state index in [1.165, 1.54) is 0 Å². The Hall–Kier alpha value is -1.46. The van der Waals surface area contributed by atoms with Crippen molar-refractivity contribution in [3.8, 4) is 11.5 Å². The fourth-order valence-electron chi connectivity index (χ4n) is 1.69. The molecular weight excluding hydrogens is 256 g/mol. The highest BCUT2D eigenvalue weighted by atomic mass is 35.5. The van der Waals surface area contributed by atoms with Gasteiger partial charge in [-0.3, -0.25) is 4.79 Å². The predicted molar refractivity (Wildman–Crippen MR) is 70.7 cm³/mol. The van der Waals surface area contributed by atoms with Crippen molar-refractivity contribution in [1.82, 2.24) is 10.2 Å². The zero-order valence-corrected chi connectivity index (χ0v) is 11.3. The Labute approximate surface area is 112 Å². The minimum absolute atomic E-state index is 0. The molecule has 2 rings (SSSR count). The van der Waals surface area contributed by atoms with E-state index in [0.717, 1.165) is 6.54 Å². The first-order valence-corrected chi connectivity index (χ1v) is 5.52. The first-order valence-electron chi connectivity index (χ1n) is 5.52. The Morgan fingerprint density at radius 2 is 2.22 bits per heavy atom. The third-order valence-electron chi connectivity index (χ3n) is 2.67. The standard InChI is InChI=1S/C12H16N2O3.ClH/c1-13-6-7-14(2)12(15)9-4-3-5-10-11(9)17-8-16-10;/h3-5,13H,6-8H2,1-2H3;1H. The largest absolute Gasteiger partial charge is 0.454 e. The van der Waals surface area contributed by atoms with Crippen molar-refractivity contribution >= 4 is 18.3 Å². The molecule has 1 N–H and O–H groups in total. The van der Waals surface area contributed by atoms with Gasteiger partial charge in [-0.25, -0.2) is 0 Å². The summed E-state index contributed by atoms with van der Waals surface area (Å²) in [5.74, 6) is 1.13. The van der Waals surface area contributed by atoms with Gasteiger partial charge in [0.25, 0.3) is 5.91 Å². The zero-order chi connectivity index (χ0) is 12.3.